The number of hydrogen-bond donors (Lipinski definition) is 2. The van der Waals surface area contributed by atoms with Gasteiger partial charge in [-0.15, -0.1) is 0 Å². The fourth-order valence-corrected chi connectivity index (χ4v) is 4.79. The Morgan fingerprint density at radius 1 is 0.536 bits per heavy atom. The predicted octanol–water partition coefficient (Wildman–Crippen LogP) is 5.00. The van der Waals surface area contributed by atoms with E-state index in [4.69, 9.17) is 0 Å². The van der Waals surface area contributed by atoms with Crippen LogP contribution in [0.5, 0.6) is 11.5 Å². The van der Waals surface area contributed by atoms with E-state index in [0.29, 0.717) is 11.5 Å². The first-order valence-electron chi connectivity index (χ1n) is 11.1. The number of likely N-dealkylation sites (tertiary alicyclic amines) is 2. The van der Waals surface area contributed by atoms with Gasteiger partial charge in [0.25, 0.3) is 0 Å². The monoisotopic (exact) mass is 382 g/mol. The lowest BCUT2D eigenvalue weighted by molar-refractivity contribution is 0.272. The van der Waals surface area contributed by atoms with Gasteiger partial charge in [-0.1, -0.05) is 49.9 Å². The summed E-state index contributed by atoms with van der Waals surface area (Å²) in [7, 11) is 0. The molecule has 0 saturated carbocycles. The van der Waals surface area contributed by atoms with E-state index in [1.165, 1.54) is 51.4 Å². The highest BCUT2D eigenvalue weighted by molar-refractivity contribution is 5.94. The molecule has 152 valence electrons. The van der Waals surface area contributed by atoms with Crippen LogP contribution in [0, 0.1) is 0 Å². The first-order valence-corrected chi connectivity index (χ1v) is 11.1. The lowest BCUT2D eigenvalue weighted by Crippen LogP contribution is -2.24. The number of aromatic hydroxyl groups is 2. The van der Waals surface area contributed by atoms with Crippen LogP contribution < -0.4 is 0 Å². The highest BCUT2D eigenvalue weighted by atomic mass is 16.3. The highest BCUT2D eigenvalue weighted by Crippen LogP contribution is 2.37. The second-order valence-corrected chi connectivity index (χ2v) is 8.62. The zero-order valence-corrected chi connectivity index (χ0v) is 17.0. The summed E-state index contributed by atoms with van der Waals surface area (Å²) < 4.78 is 0. The summed E-state index contributed by atoms with van der Waals surface area (Å²) in [5.74, 6) is 0.664. The van der Waals surface area contributed by atoms with Gasteiger partial charge in [-0.05, 0) is 51.9 Å². The highest BCUT2D eigenvalue weighted by Gasteiger charge is 2.17. The molecule has 0 unspecified atom stereocenters. The summed E-state index contributed by atoms with van der Waals surface area (Å²) in [6.45, 7) is 6.01. The third-order valence-electron chi connectivity index (χ3n) is 6.50. The van der Waals surface area contributed by atoms with Crippen LogP contribution in [-0.2, 0) is 13.1 Å². The molecule has 2 aliphatic rings. The van der Waals surface area contributed by atoms with Crippen molar-refractivity contribution in [2.24, 2.45) is 0 Å². The molecule has 0 radical (unpaired) electrons. The average Bonchev–Trinajstić information content (AvgIpc) is 3.11. The summed E-state index contributed by atoms with van der Waals surface area (Å²) in [5.41, 5.74) is 1.93. The Balaban J connectivity index is 1.55. The SMILES string of the molecule is Oc1c(CN2CCCCCC2)ccc2c(O)c(CN3CCCCCC3)ccc12. The van der Waals surface area contributed by atoms with Crippen molar-refractivity contribution in [2.75, 3.05) is 26.2 Å². The van der Waals surface area contributed by atoms with Crippen LogP contribution in [-0.4, -0.2) is 46.2 Å². The van der Waals surface area contributed by atoms with Crippen LogP contribution >= 0.6 is 0 Å². The number of phenols is 2. The number of benzene rings is 2. The summed E-state index contributed by atoms with van der Waals surface area (Å²) in [4.78, 5) is 4.89. The maximum atomic E-state index is 10.9. The summed E-state index contributed by atoms with van der Waals surface area (Å²) >= 11 is 0. The molecule has 0 atom stereocenters. The van der Waals surface area contributed by atoms with Crippen molar-refractivity contribution in [3.63, 3.8) is 0 Å². The molecule has 4 heteroatoms. The number of fused-ring (bicyclic) bond motifs is 1. The van der Waals surface area contributed by atoms with E-state index in [1.54, 1.807) is 0 Å². The number of hydrogen-bond acceptors (Lipinski definition) is 4. The van der Waals surface area contributed by atoms with Gasteiger partial charge in [0.1, 0.15) is 11.5 Å². The van der Waals surface area contributed by atoms with Crippen molar-refractivity contribution in [1.29, 1.82) is 0 Å². The van der Waals surface area contributed by atoms with Gasteiger partial charge < -0.3 is 10.2 Å². The van der Waals surface area contributed by atoms with E-state index in [2.05, 4.69) is 9.80 Å². The molecule has 0 spiro atoms. The van der Waals surface area contributed by atoms with Crippen LogP contribution in [0.1, 0.15) is 62.5 Å². The zero-order valence-electron chi connectivity index (χ0n) is 17.0. The first-order chi connectivity index (χ1) is 13.7. The molecule has 2 saturated heterocycles. The molecule has 2 N–H and O–H groups in total. The second-order valence-electron chi connectivity index (χ2n) is 8.62. The minimum atomic E-state index is 0.332. The predicted molar refractivity (Wildman–Crippen MR) is 115 cm³/mol. The zero-order chi connectivity index (χ0) is 19.3. The van der Waals surface area contributed by atoms with E-state index >= 15 is 0 Å². The molecule has 2 aromatic carbocycles. The van der Waals surface area contributed by atoms with Gasteiger partial charge in [0.15, 0.2) is 0 Å². The first kappa shape index (κ1) is 19.5. The Labute approximate surface area is 168 Å². The molecule has 0 aromatic heterocycles. The number of phenolic OH excluding ortho intramolecular Hbond substituents is 2. The normalized spacial score (nSPS) is 20.1. The van der Waals surface area contributed by atoms with Crippen molar-refractivity contribution >= 4 is 10.8 Å². The second kappa shape index (κ2) is 9.15. The molecule has 4 rings (SSSR count). The molecular formula is C24H34N2O2. The van der Waals surface area contributed by atoms with Crippen LogP contribution in [0.2, 0.25) is 0 Å². The quantitative estimate of drug-likeness (QED) is 0.781. The average molecular weight is 383 g/mol. The van der Waals surface area contributed by atoms with Gasteiger partial charge in [0.05, 0.1) is 0 Å². The summed E-state index contributed by atoms with van der Waals surface area (Å²) in [5, 5.41) is 23.3. The molecule has 2 aromatic rings. The van der Waals surface area contributed by atoms with Crippen LogP contribution in [0.25, 0.3) is 10.8 Å². The van der Waals surface area contributed by atoms with Crippen molar-refractivity contribution in [3.05, 3.63) is 35.4 Å². The standard InChI is InChI=1S/C24H34N2O2/c27-23-19(17-25-13-5-1-2-6-14-25)9-11-22-21(23)12-10-20(24(22)28)18-26-15-7-3-4-8-16-26/h9-12,27-28H,1-8,13-18H2. The molecular weight excluding hydrogens is 348 g/mol. The Bertz CT molecular complexity index is 722. The molecule has 2 aliphatic heterocycles. The maximum Gasteiger partial charge on any atom is 0.128 e. The molecule has 0 bridgehead atoms. The van der Waals surface area contributed by atoms with E-state index in [9.17, 15) is 10.2 Å². The van der Waals surface area contributed by atoms with Gasteiger partial charge in [-0.2, -0.15) is 0 Å². The lowest BCUT2D eigenvalue weighted by atomic mass is 10.0. The largest absolute Gasteiger partial charge is 0.507 e. The van der Waals surface area contributed by atoms with E-state index in [1.807, 2.05) is 24.3 Å². The third kappa shape index (κ3) is 4.44. The third-order valence-corrected chi connectivity index (χ3v) is 6.50. The van der Waals surface area contributed by atoms with Crippen LogP contribution in [0.4, 0.5) is 0 Å². The van der Waals surface area contributed by atoms with Crippen molar-refractivity contribution in [3.8, 4) is 11.5 Å². The molecule has 4 nitrogen and oxygen atoms in total. The molecule has 2 heterocycles. The summed E-state index contributed by atoms with van der Waals surface area (Å²) in [6, 6.07) is 7.98. The lowest BCUT2D eigenvalue weighted by Gasteiger charge is -2.22. The number of rotatable bonds is 4. The minimum Gasteiger partial charge on any atom is -0.507 e. The Morgan fingerprint density at radius 2 is 0.893 bits per heavy atom. The maximum absolute atomic E-state index is 10.9. The van der Waals surface area contributed by atoms with E-state index in [0.717, 1.165) is 61.2 Å². The molecule has 0 amide bonds. The van der Waals surface area contributed by atoms with Crippen LogP contribution in [0.3, 0.4) is 0 Å². The number of nitrogens with zero attached hydrogens (tertiary/aromatic N) is 2. The van der Waals surface area contributed by atoms with E-state index in [-0.39, 0.29) is 0 Å². The van der Waals surface area contributed by atoms with Crippen LogP contribution in [0.15, 0.2) is 24.3 Å². The Kier molecular flexibility index (Phi) is 6.38. The van der Waals surface area contributed by atoms with Crippen molar-refractivity contribution < 1.29 is 10.2 Å². The van der Waals surface area contributed by atoms with Crippen molar-refractivity contribution in [1.82, 2.24) is 9.80 Å². The Morgan fingerprint density at radius 3 is 1.25 bits per heavy atom. The molecule has 28 heavy (non-hydrogen) atoms. The van der Waals surface area contributed by atoms with Gasteiger partial charge in [0.2, 0.25) is 0 Å². The summed E-state index contributed by atoms with van der Waals surface area (Å²) in [6.07, 6.45) is 10.2. The minimum absolute atomic E-state index is 0.332. The fourth-order valence-electron chi connectivity index (χ4n) is 4.79. The molecule has 0 aliphatic carbocycles. The Hall–Kier alpha value is -1.78. The topological polar surface area (TPSA) is 46.9 Å². The van der Waals surface area contributed by atoms with Crippen molar-refractivity contribution in [2.45, 2.75) is 64.5 Å². The molecule has 2 fully saturated rings. The van der Waals surface area contributed by atoms with Gasteiger partial charge >= 0.3 is 0 Å². The van der Waals surface area contributed by atoms with E-state index < -0.39 is 0 Å². The van der Waals surface area contributed by atoms with Gasteiger partial charge in [0, 0.05) is 35.0 Å². The fraction of sp³-hybridized carbons (Fsp3) is 0.583. The smallest absolute Gasteiger partial charge is 0.128 e. The van der Waals surface area contributed by atoms with Gasteiger partial charge in [-0.25, -0.2) is 0 Å². The van der Waals surface area contributed by atoms with Gasteiger partial charge in [-0.3, -0.25) is 9.80 Å².